The van der Waals surface area contributed by atoms with Gasteiger partial charge in [-0.25, -0.2) is 4.98 Å². The molecule has 0 spiro atoms. The largest absolute Gasteiger partial charge is 0.326 e. The Kier molecular flexibility index (Phi) is 4.62. The molecule has 2 heterocycles. The maximum Gasteiger partial charge on any atom is 0.224 e. The van der Waals surface area contributed by atoms with Crippen LogP contribution in [-0.2, 0) is 4.79 Å². The number of hydrogen-bond acceptors (Lipinski definition) is 4. The molecule has 0 radical (unpaired) electrons. The molecule has 110 valence electrons. The van der Waals surface area contributed by atoms with Crippen LogP contribution in [0.15, 0.2) is 35.8 Å². The fraction of sp³-hybridized carbons (Fsp3) is 0.375. The fourth-order valence-corrected chi connectivity index (χ4v) is 3.25. The Balaban J connectivity index is 1.56. The Labute approximate surface area is 128 Å². The summed E-state index contributed by atoms with van der Waals surface area (Å²) in [5.41, 5.74) is 1.89. The second-order valence-electron chi connectivity index (χ2n) is 5.36. The Hall–Kier alpha value is -1.72. The van der Waals surface area contributed by atoms with E-state index in [9.17, 15) is 4.79 Å². The van der Waals surface area contributed by atoms with Crippen LogP contribution in [0.4, 0.5) is 5.69 Å². The highest BCUT2D eigenvalue weighted by atomic mass is 32.1. The highest BCUT2D eigenvalue weighted by molar-refractivity contribution is 7.13. The van der Waals surface area contributed by atoms with Gasteiger partial charge >= 0.3 is 0 Å². The minimum Gasteiger partial charge on any atom is -0.326 e. The number of carbonyl (C=O) groups is 1. The lowest BCUT2D eigenvalue weighted by Crippen LogP contribution is -2.15. The number of nitrogens with one attached hydrogen (secondary N) is 2. The first-order valence-corrected chi connectivity index (χ1v) is 8.20. The monoisotopic (exact) mass is 301 g/mol. The molecule has 1 saturated heterocycles. The molecule has 0 saturated carbocycles. The maximum atomic E-state index is 12.0. The summed E-state index contributed by atoms with van der Waals surface area (Å²) in [5.74, 6) is 0.746. The number of aromatic nitrogens is 1. The van der Waals surface area contributed by atoms with Crippen molar-refractivity contribution in [2.75, 3.05) is 18.4 Å². The molecule has 21 heavy (non-hydrogen) atoms. The van der Waals surface area contributed by atoms with Crippen molar-refractivity contribution < 1.29 is 4.79 Å². The molecule has 0 bridgehead atoms. The van der Waals surface area contributed by atoms with E-state index in [0.717, 1.165) is 35.8 Å². The van der Waals surface area contributed by atoms with Crippen LogP contribution < -0.4 is 10.6 Å². The summed E-state index contributed by atoms with van der Waals surface area (Å²) in [7, 11) is 0. The zero-order chi connectivity index (χ0) is 14.5. The third-order valence-corrected chi connectivity index (χ3v) is 4.59. The van der Waals surface area contributed by atoms with Gasteiger partial charge in [0.25, 0.3) is 0 Å². The summed E-state index contributed by atoms with van der Waals surface area (Å²) in [5, 5.41) is 9.25. The first kappa shape index (κ1) is 14.2. The van der Waals surface area contributed by atoms with E-state index in [1.54, 1.807) is 17.5 Å². The van der Waals surface area contributed by atoms with Crippen molar-refractivity contribution in [2.45, 2.75) is 19.3 Å². The molecule has 1 aliphatic rings. The van der Waals surface area contributed by atoms with Gasteiger partial charge in [0.2, 0.25) is 5.91 Å². The normalized spacial score (nSPS) is 17.8. The predicted molar refractivity (Wildman–Crippen MR) is 86.4 cm³/mol. The number of benzene rings is 1. The molecule has 1 amide bonds. The summed E-state index contributed by atoms with van der Waals surface area (Å²) in [6.07, 6.45) is 4.53. The van der Waals surface area contributed by atoms with Crippen LogP contribution in [0.5, 0.6) is 0 Å². The van der Waals surface area contributed by atoms with Gasteiger partial charge in [0.15, 0.2) is 0 Å². The highest BCUT2D eigenvalue weighted by Crippen LogP contribution is 2.24. The number of hydrogen-bond donors (Lipinski definition) is 2. The first-order chi connectivity index (χ1) is 10.3. The molecule has 1 atom stereocenters. The summed E-state index contributed by atoms with van der Waals surface area (Å²) in [4.78, 5) is 16.3. The number of thiazole rings is 1. The van der Waals surface area contributed by atoms with Crippen LogP contribution in [0.3, 0.4) is 0 Å². The first-order valence-electron chi connectivity index (χ1n) is 7.32. The molecular formula is C16H19N3OS. The molecule has 0 aliphatic carbocycles. The van der Waals surface area contributed by atoms with Crippen molar-refractivity contribution in [1.29, 1.82) is 0 Å². The zero-order valence-corrected chi connectivity index (χ0v) is 12.7. The minimum absolute atomic E-state index is 0.0955. The van der Waals surface area contributed by atoms with Crippen molar-refractivity contribution in [3.8, 4) is 10.6 Å². The van der Waals surface area contributed by atoms with Crippen LogP contribution >= 0.6 is 11.3 Å². The molecule has 1 fully saturated rings. The third kappa shape index (κ3) is 3.89. The summed E-state index contributed by atoms with van der Waals surface area (Å²) in [6, 6.07) is 7.87. The lowest BCUT2D eigenvalue weighted by molar-refractivity contribution is -0.116. The minimum atomic E-state index is 0.0955. The lowest BCUT2D eigenvalue weighted by Gasteiger charge is -2.09. The van der Waals surface area contributed by atoms with Gasteiger partial charge in [-0.15, -0.1) is 11.3 Å². The molecule has 4 nitrogen and oxygen atoms in total. The van der Waals surface area contributed by atoms with E-state index in [4.69, 9.17) is 0 Å². The number of rotatable bonds is 5. The van der Waals surface area contributed by atoms with Gasteiger partial charge in [-0.3, -0.25) is 4.79 Å². The molecule has 1 aromatic carbocycles. The molecule has 5 heteroatoms. The summed E-state index contributed by atoms with van der Waals surface area (Å²) in [6.45, 7) is 2.13. The average molecular weight is 301 g/mol. The fourth-order valence-electron chi connectivity index (χ4n) is 2.62. The number of amides is 1. The molecule has 2 N–H and O–H groups in total. The Morgan fingerprint density at radius 2 is 2.43 bits per heavy atom. The van der Waals surface area contributed by atoms with Crippen LogP contribution in [0.25, 0.3) is 10.6 Å². The zero-order valence-electron chi connectivity index (χ0n) is 11.8. The maximum absolute atomic E-state index is 12.0. The summed E-state index contributed by atoms with van der Waals surface area (Å²) < 4.78 is 0. The van der Waals surface area contributed by atoms with Crippen LogP contribution in [0, 0.1) is 5.92 Å². The molecule has 1 aliphatic heterocycles. The van der Waals surface area contributed by atoms with Gasteiger partial charge in [0.05, 0.1) is 0 Å². The van der Waals surface area contributed by atoms with E-state index in [1.807, 2.05) is 29.6 Å². The SMILES string of the molecule is O=C(CCC1CCNC1)Nc1cccc(-c2nccs2)c1. The van der Waals surface area contributed by atoms with Gasteiger partial charge in [-0.05, 0) is 44.0 Å². The van der Waals surface area contributed by atoms with Gasteiger partial charge in [0.1, 0.15) is 5.01 Å². The van der Waals surface area contributed by atoms with Gasteiger partial charge in [0, 0.05) is 29.2 Å². The topological polar surface area (TPSA) is 54.0 Å². The molecule has 1 aromatic heterocycles. The average Bonchev–Trinajstić information content (AvgIpc) is 3.19. The third-order valence-electron chi connectivity index (χ3n) is 3.77. The Morgan fingerprint density at radius 1 is 1.48 bits per heavy atom. The standard InChI is InChI=1S/C16H19N3OS/c20-15(5-4-12-6-7-17-11-12)19-14-3-1-2-13(10-14)16-18-8-9-21-16/h1-3,8-10,12,17H,4-7,11H2,(H,19,20). The van der Waals surface area contributed by atoms with Crippen molar-refractivity contribution in [3.05, 3.63) is 35.8 Å². The van der Waals surface area contributed by atoms with Gasteiger partial charge in [-0.2, -0.15) is 0 Å². The van der Waals surface area contributed by atoms with Crippen molar-refractivity contribution in [1.82, 2.24) is 10.3 Å². The second-order valence-corrected chi connectivity index (χ2v) is 6.26. The van der Waals surface area contributed by atoms with E-state index in [1.165, 1.54) is 6.42 Å². The second kappa shape index (κ2) is 6.83. The van der Waals surface area contributed by atoms with Crippen LogP contribution in [-0.4, -0.2) is 24.0 Å². The van der Waals surface area contributed by atoms with Crippen molar-refractivity contribution >= 4 is 22.9 Å². The number of anilines is 1. The van der Waals surface area contributed by atoms with E-state index < -0.39 is 0 Å². The predicted octanol–water partition coefficient (Wildman–Crippen LogP) is 3.14. The molecule has 1 unspecified atom stereocenters. The van der Waals surface area contributed by atoms with E-state index in [-0.39, 0.29) is 5.91 Å². The van der Waals surface area contributed by atoms with E-state index >= 15 is 0 Å². The highest BCUT2D eigenvalue weighted by Gasteiger charge is 2.15. The Bertz CT molecular complexity index is 591. The van der Waals surface area contributed by atoms with E-state index in [2.05, 4.69) is 15.6 Å². The molecular weight excluding hydrogens is 282 g/mol. The van der Waals surface area contributed by atoms with E-state index in [0.29, 0.717) is 12.3 Å². The number of carbonyl (C=O) groups excluding carboxylic acids is 1. The van der Waals surface area contributed by atoms with Crippen LogP contribution in [0.2, 0.25) is 0 Å². The van der Waals surface area contributed by atoms with Crippen molar-refractivity contribution in [2.24, 2.45) is 5.92 Å². The van der Waals surface area contributed by atoms with Gasteiger partial charge < -0.3 is 10.6 Å². The smallest absolute Gasteiger partial charge is 0.224 e. The van der Waals surface area contributed by atoms with Crippen LogP contribution in [0.1, 0.15) is 19.3 Å². The number of nitrogens with zero attached hydrogens (tertiary/aromatic N) is 1. The van der Waals surface area contributed by atoms with Gasteiger partial charge in [-0.1, -0.05) is 12.1 Å². The lowest BCUT2D eigenvalue weighted by atomic mass is 10.0. The molecule has 3 rings (SSSR count). The summed E-state index contributed by atoms with van der Waals surface area (Å²) >= 11 is 1.60. The Morgan fingerprint density at radius 3 is 3.19 bits per heavy atom. The molecule has 2 aromatic rings. The quantitative estimate of drug-likeness (QED) is 0.892. The van der Waals surface area contributed by atoms with Crippen molar-refractivity contribution in [3.63, 3.8) is 0 Å².